The zero-order valence-electron chi connectivity index (χ0n) is 10.8. The van der Waals surface area contributed by atoms with Crippen LogP contribution in [0.4, 0.5) is 0 Å². The molecule has 1 heterocycles. The second kappa shape index (κ2) is 5.80. The Morgan fingerprint density at radius 1 is 1.33 bits per heavy atom. The summed E-state index contributed by atoms with van der Waals surface area (Å²) in [5.41, 5.74) is 3.40. The fourth-order valence-electron chi connectivity index (χ4n) is 1.92. The standard InChI is InChI=1S/C14H19N3O/c1-11-13(9-16-17(11)2)8-15-14(10-18)12-6-4-3-5-7-12/h3-7,9,14-15,18H,8,10H2,1-2H3. The molecule has 1 atom stereocenters. The quantitative estimate of drug-likeness (QED) is 0.840. The van der Waals surface area contributed by atoms with Gasteiger partial charge in [-0.05, 0) is 12.5 Å². The molecule has 0 aliphatic carbocycles. The smallest absolute Gasteiger partial charge is 0.0626 e. The molecule has 0 spiro atoms. The van der Waals surface area contributed by atoms with E-state index >= 15 is 0 Å². The lowest BCUT2D eigenvalue weighted by molar-refractivity contribution is 0.243. The van der Waals surface area contributed by atoms with Gasteiger partial charge in [-0.15, -0.1) is 0 Å². The summed E-state index contributed by atoms with van der Waals surface area (Å²) in [6, 6.07) is 9.94. The molecule has 0 radical (unpaired) electrons. The number of nitrogens with zero attached hydrogens (tertiary/aromatic N) is 2. The van der Waals surface area contributed by atoms with Crippen LogP contribution in [0.1, 0.15) is 22.9 Å². The van der Waals surface area contributed by atoms with Crippen molar-refractivity contribution in [1.29, 1.82) is 0 Å². The Kier molecular flexibility index (Phi) is 4.12. The van der Waals surface area contributed by atoms with Crippen molar-refractivity contribution in [2.24, 2.45) is 7.05 Å². The first-order valence-corrected chi connectivity index (χ1v) is 6.09. The summed E-state index contributed by atoms with van der Waals surface area (Å²) in [4.78, 5) is 0. The third-order valence-electron chi connectivity index (χ3n) is 3.26. The first-order chi connectivity index (χ1) is 8.72. The van der Waals surface area contributed by atoms with Gasteiger partial charge < -0.3 is 10.4 Å². The molecule has 18 heavy (non-hydrogen) atoms. The second-order valence-corrected chi connectivity index (χ2v) is 4.41. The van der Waals surface area contributed by atoms with Gasteiger partial charge in [-0.1, -0.05) is 30.3 Å². The van der Waals surface area contributed by atoms with Gasteiger partial charge in [0.25, 0.3) is 0 Å². The summed E-state index contributed by atoms with van der Waals surface area (Å²) in [6.07, 6.45) is 1.86. The molecule has 2 N–H and O–H groups in total. The van der Waals surface area contributed by atoms with E-state index in [1.807, 2.05) is 55.2 Å². The van der Waals surface area contributed by atoms with Crippen LogP contribution in [0.15, 0.2) is 36.5 Å². The van der Waals surface area contributed by atoms with E-state index in [2.05, 4.69) is 10.4 Å². The molecular weight excluding hydrogens is 226 g/mol. The molecule has 0 saturated heterocycles. The average Bonchev–Trinajstić information content (AvgIpc) is 2.72. The summed E-state index contributed by atoms with van der Waals surface area (Å²) in [6.45, 7) is 2.84. The van der Waals surface area contributed by atoms with Gasteiger partial charge in [-0.2, -0.15) is 5.10 Å². The lowest BCUT2D eigenvalue weighted by Crippen LogP contribution is -2.24. The first kappa shape index (κ1) is 12.8. The predicted octanol–water partition coefficient (Wildman–Crippen LogP) is 1.55. The summed E-state index contributed by atoms with van der Waals surface area (Å²) in [5.74, 6) is 0. The maximum absolute atomic E-state index is 9.45. The van der Waals surface area contributed by atoms with Crippen molar-refractivity contribution >= 4 is 0 Å². The molecule has 0 amide bonds. The second-order valence-electron chi connectivity index (χ2n) is 4.41. The minimum Gasteiger partial charge on any atom is -0.394 e. The van der Waals surface area contributed by atoms with Crippen molar-refractivity contribution in [1.82, 2.24) is 15.1 Å². The molecule has 4 nitrogen and oxygen atoms in total. The number of aliphatic hydroxyl groups is 1. The topological polar surface area (TPSA) is 50.1 Å². The highest BCUT2D eigenvalue weighted by molar-refractivity contribution is 5.20. The minimum absolute atomic E-state index is 0.0363. The van der Waals surface area contributed by atoms with Gasteiger partial charge in [0.05, 0.1) is 18.8 Å². The van der Waals surface area contributed by atoms with Crippen LogP contribution in [0.5, 0.6) is 0 Å². The molecule has 0 aliphatic heterocycles. The van der Waals surface area contributed by atoms with E-state index in [9.17, 15) is 5.11 Å². The van der Waals surface area contributed by atoms with Crippen LogP contribution in [0, 0.1) is 6.92 Å². The highest BCUT2D eigenvalue weighted by atomic mass is 16.3. The number of hydrogen-bond donors (Lipinski definition) is 2. The Morgan fingerprint density at radius 2 is 2.06 bits per heavy atom. The van der Waals surface area contributed by atoms with Gasteiger partial charge >= 0.3 is 0 Å². The van der Waals surface area contributed by atoms with Gasteiger partial charge in [-0.3, -0.25) is 4.68 Å². The van der Waals surface area contributed by atoms with Crippen LogP contribution in [0.25, 0.3) is 0 Å². The number of aliphatic hydroxyl groups excluding tert-OH is 1. The number of aromatic nitrogens is 2. The number of hydrogen-bond acceptors (Lipinski definition) is 3. The van der Waals surface area contributed by atoms with E-state index in [4.69, 9.17) is 0 Å². The normalized spacial score (nSPS) is 12.6. The first-order valence-electron chi connectivity index (χ1n) is 6.09. The summed E-state index contributed by atoms with van der Waals surface area (Å²) >= 11 is 0. The molecule has 0 fully saturated rings. The van der Waals surface area contributed by atoms with Crippen molar-refractivity contribution < 1.29 is 5.11 Å². The Labute approximate surface area is 107 Å². The molecular formula is C14H19N3O. The van der Waals surface area contributed by atoms with E-state index in [-0.39, 0.29) is 12.6 Å². The van der Waals surface area contributed by atoms with Crippen molar-refractivity contribution in [3.05, 3.63) is 53.3 Å². The van der Waals surface area contributed by atoms with Crippen molar-refractivity contribution in [2.45, 2.75) is 19.5 Å². The fraction of sp³-hybridized carbons (Fsp3) is 0.357. The zero-order chi connectivity index (χ0) is 13.0. The van der Waals surface area contributed by atoms with Gasteiger partial charge in [0.2, 0.25) is 0 Å². The highest BCUT2D eigenvalue weighted by Gasteiger charge is 2.10. The van der Waals surface area contributed by atoms with Crippen molar-refractivity contribution in [3.8, 4) is 0 Å². The maximum atomic E-state index is 9.45. The molecule has 1 unspecified atom stereocenters. The van der Waals surface area contributed by atoms with E-state index in [1.54, 1.807) is 0 Å². The number of aryl methyl sites for hydroxylation is 1. The van der Waals surface area contributed by atoms with Crippen LogP contribution in [0.3, 0.4) is 0 Å². The summed E-state index contributed by atoms with van der Waals surface area (Å²) < 4.78 is 1.85. The number of nitrogens with one attached hydrogen (secondary N) is 1. The van der Waals surface area contributed by atoms with Crippen LogP contribution in [-0.4, -0.2) is 21.5 Å². The summed E-state index contributed by atoms with van der Waals surface area (Å²) in [5, 5.41) is 17.0. The molecule has 96 valence electrons. The third kappa shape index (κ3) is 2.78. The number of benzene rings is 1. The van der Waals surface area contributed by atoms with E-state index < -0.39 is 0 Å². The van der Waals surface area contributed by atoms with Crippen LogP contribution >= 0.6 is 0 Å². The maximum Gasteiger partial charge on any atom is 0.0626 e. The molecule has 0 aliphatic rings. The largest absolute Gasteiger partial charge is 0.394 e. The molecule has 1 aromatic carbocycles. The van der Waals surface area contributed by atoms with E-state index in [1.165, 1.54) is 0 Å². The van der Waals surface area contributed by atoms with E-state index in [0.29, 0.717) is 6.54 Å². The van der Waals surface area contributed by atoms with Crippen molar-refractivity contribution in [2.75, 3.05) is 6.61 Å². The Morgan fingerprint density at radius 3 is 2.61 bits per heavy atom. The fourth-order valence-corrected chi connectivity index (χ4v) is 1.92. The molecule has 2 aromatic rings. The zero-order valence-corrected chi connectivity index (χ0v) is 10.8. The Bertz CT molecular complexity index is 493. The lowest BCUT2D eigenvalue weighted by Gasteiger charge is -2.16. The molecule has 0 saturated carbocycles. The van der Waals surface area contributed by atoms with Gasteiger partial charge in [-0.25, -0.2) is 0 Å². The lowest BCUT2D eigenvalue weighted by atomic mass is 10.1. The molecule has 4 heteroatoms. The molecule has 0 bridgehead atoms. The van der Waals surface area contributed by atoms with Crippen LogP contribution in [0.2, 0.25) is 0 Å². The van der Waals surface area contributed by atoms with Gasteiger partial charge in [0.15, 0.2) is 0 Å². The third-order valence-corrected chi connectivity index (χ3v) is 3.26. The minimum atomic E-state index is -0.0363. The summed E-state index contributed by atoms with van der Waals surface area (Å²) in [7, 11) is 1.93. The van der Waals surface area contributed by atoms with Crippen LogP contribution < -0.4 is 5.32 Å². The molecule has 1 aromatic heterocycles. The average molecular weight is 245 g/mol. The van der Waals surface area contributed by atoms with E-state index in [0.717, 1.165) is 16.8 Å². The van der Waals surface area contributed by atoms with Gasteiger partial charge in [0, 0.05) is 24.8 Å². The Hall–Kier alpha value is -1.65. The predicted molar refractivity (Wildman–Crippen MR) is 71.1 cm³/mol. The molecule has 2 rings (SSSR count). The van der Waals surface area contributed by atoms with Crippen molar-refractivity contribution in [3.63, 3.8) is 0 Å². The van der Waals surface area contributed by atoms with Crippen LogP contribution in [-0.2, 0) is 13.6 Å². The SMILES string of the molecule is Cc1c(CNC(CO)c2ccccc2)cnn1C. The Balaban J connectivity index is 2.02. The number of rotatable bonds is 5. The van der Waals surface area contributed by atoms with Gasteiger partial charge in [0.1, 0.15) is 0 Å². The monoisotopic (exact) mass is 245 g/mol. The highest BCUT2D eigenvalue weighted by Crippen LogP contribution is 2.13.